The number of carbonyl (C=O) groups excluding carboxylic acids is 2. The molecule has 26 heavy (non-hydrogen) atoms. The smallest absolute Gasteiger partial charge is 0.150 e. The molecule has 0 amide bonds. The number of hydrogen-bond acceptors (Lipinski definition) is 4. The van der Waals surface area contributed by atoms with E-state index in [0.29, 0.717) is 11.1 Å². The number of aldehydes is 2. The number of carbonyl (C=O) groups is 2. The maximum Gasteiger partial charge on any atom is 0.150 e. The van der Waals surface area contributed by atoms with Gasteiger partial charge in [-0.3, -0.25) is 9.59 Å². The highest BCUT2D eigenvalue weighted by Crippen LogP contribution is 2.52. The van der Waals surface area contributed by atoms with Gasteiger partial charge in [-0.05, 0) is 45.8 Å². The van der Waals surface area contributed by atoms with E-state index in [4.69, 9.17) is 4.74 Å². The molecule has 0 aromatic heterocycles. The van der Waals surface area contributed by atoms with Gasteiger partial charge in [-0.1, -0.05) is 48.2 Å². The van der Waals surface area contributed by atoms with Crippen LogP contribution in [0.25, 0.3) is 21.5 Å². The molecule has 0 spiro atoms. The number of fused-ring (bicyclic) bond motifs is 6. The van der Waals surface area contributed by atoms with Crippen LogP contribution in [0.15, 0.2) is 70.5 Å². The van der Waals surface area contributed by atoms with Gasteiger partial charge < -0.3 is 4.74 Å². The lowest BCUT2D eigenvalue weighted by Gasteiger charge is -2.22. The van der Waals surface area contributed by atoms with Gasteiger partial charge in [0.05, 0.1) is 9.79 Å². The van der Waals surface area contributed by atoms with Crippen LogP contribution < -0.4 is 4.74 Å². The molecule has 1 heterocycles. The summed E-state index contributed by atoms with van der Waals surface area (Å²) in [5, 5.41) is 4.14. The summed E-state index contributed by atoms with van der Waals surface area (Å²) in [5.41, 5.74) is 1.32. The van der Waals surface area contributed by atoms with Gasteiger partial charge in [0.2, 0.25) is 0 Å². The Hall–Kier alpha value is -3.11. The first kappa shape index (κ1) is 15.2. The SMILES string of the molecule is O=Cc1ccc2c3c(ccc2c1)Oc1ccc2cc(C=O)ccc2c1S3. The number of ether oxygens (including phenoxy) is 1. The fourth-order valence-corrected chi connectivity index (χ4v) is 4.55. The topological polar surface area (TPSA) is 43.4 Å². The van der Waals surface area contributed by atoms with E-state index in [1.165, 1.54) is 0 Å². The molecule has 4 aromatic rings. The van der Waals surface area contributed by atoms with Gasteiger partial charge in [0.15, 0.2) is 0 Å². The molecule has 0 N–H and O–H groups in total. The standard InChI is InChI=1S/C22H12O3S/c23-11-13-1-5-17-15(9-13)3-7-19-21(17)26-22-18-6-2-14(12-24)10-16(18)4-8-20(22)25-19/h1-12H. The molecule has 0 atom stereocenters. The zero-order chi connectivity index (χ0) is 17.7. The molecule has 0 bridgehead atoms. The summed E-state index contributed by atoms with van der Waals surface area (Å²) in [4.78, 5) is 24.2. The van der Waals surface area contributed by atoms with E-state index in [1.54, 1.807) is 11.8 Å². The monoisotopic (exact) mass is 356 g/mol. The molecule has 0 aliphatic carbocycles. The Morgan fingerprint density at radius 3 is 1.62 bits per heavy atom. The molecular formula is C22H12O3S. The van der Waals surface area contributed by atoms with Crippen LogP contribution in [-0.2, 0) is 0 Å². The van der Waals surface area contributed by atoms with Crippen LogP contribution in [0.4, 0.5) is 0 Å². The average Bonchev–Trinajstić information content (AvgIpc) is 2.71. The van der Waals surface area contributed by atoms with Gasteiger partial charge in [0.25, 0.3) is 0 Å². The first-order valence-electron chi connectivity index (χ1n) is 8.16. The van der Waals surface area contributed by atoms with Crippen LogP contribution in [0.2, 0.25) is 0 Å². The average molecular weight is 356 g/mol. The highest BCUT2D eigenvalue weighted by Gasteiger charge is 2.22. The van der Waals surface area contributed by atoms with Crippen molar-refractivity contribution in [2.24, 2.45) is 0 Å². The van der Waals surface area contributed by atoms with Crippen molar-refractivity contribution < 1.29 is 14.3 Å². The molecule has 5 rings (SSSR count). The van der Waals surface area contributed by atoms with Gasteiger partial charge in [-0.15, -0.1) is 0 Å². The third-order valence-electron chi connectivity index (χ3n) is 4.61. The molecule has 0 saturated carbocycles. The number of rotatable bonds is 2. The van der Waals surface area contributed by atoms with E-state index in [-0.39, 0.29) is 0 Å². The molecule has 0 fully saturated rings. The minimum atomic E-state index is 0.659. The lowest BCUT2D eigenvalue weighted by atomic mass is 10.1. The van der Waals surface area contributed by atoms with Crippen molar-refractivity contribution in [1.29, 1.82) is 0 Å². The summed E-state index contributed by atoms with van der Waals surface area (Å²) < 4.78 is 6.15. The molecule has 4 aromatic carbocycles. The van der Waals surface area contributed by atoms with Gasteiger partial charge in [0.1, 0.15) is 24.1 Å². The number of hydrogen-bond donors (Lipinski definition) is 0. The Kier molecular flexibility index (Phi) is 3.33. The Morgan fingerprint density at radius 2 is 1.15 bits per heavy atom. The van der Waals surface area contributed by atoms with Crippen LogP contribution in [-0.4, -0.2) is 12.6 Å². The minimum Gasteiger partial charge on any atom is -0.455 e. The fourth-order valence-electron chi connectivity index (χ4n) is 3.34. The van der Waals surface area contributed by atoms with E-state index >= 15 is 0 Å². The van der Waals surface area contributed by atoms with E-state index < -0.39 is 0 Å². The molecule has 124 valence electrons. The van der Waals surface area contributed by atoms with Crippen molar-refractivity contribution in [2.45, 2.75) is 9.79 Å². The zero-order valence-electron chi connectivity index (χ0n) is 13.6. The van der Waals surface area contributed by atoms with E-state index in [2.05, 4.69) is 0 Å². The van der Waals surface area contributed by atoms with Crippen LogP contribution in [0.1, 0.15) is 20.7 Å². The molecule has 3 nitrogen and oxygen atoms in total. The third kappa shape index (κ3) is 2.23. The molecule has 0 radical (unpaired) electrons. The zero-order valence-corrected chi connectivity index (χ0v) is 14.4. The Morgan fingerprint density at radius 1 is 0.654 bits per heavy atom. The van der Waals surface area contributed by atoms with Crippen LogP contribution in [0.3, 0.4) is 0 Å². The second kappa shape index (κ2) is 5.71. The van der Waals surface area contributed by atoms with Crippen molar-refractivity contribution in [1.82, 2.24) is 0 Å². The van der Waals surface area contributed by atoms with Crippen LogP contribution in [0.5, 0.6) is 11.5 Å². The summed E-state index contributed by atoms with van der Waals surface area (Å²) in [6.45, 7) is 0. The maximum absolute atomic E-state index is 11.0. The predicted molar refractivity (Wildman–Crippen MR) is 103 cm³/mol. The van der Waals surface area contributed by atoms with Crippen molar-refractivity contribution in [3.63, 3.8) is 0 Å². The summed E-state index contributed by atoms with van der Waals surface area (Å²) >= 11 is 1.67. The summed E-state index contributed by atoms with van der Waals surface area (Å²) in [6.07, 6.45) is 1.71. The highest BCUT2D eigenvalue weighted by atomic mass is 32.2. The van der Waals surface area contributed by atoms with Crippen molar-refractivity contribution in [3.8, 4) is 11.5 Å². The normalized spacial score (nSPS) is 12.3. The summed E-state index contributed by atoms with van der Waals surface area (Å²) in [6, 6.07) is 19.2. The second-order valence-electron chi connectivity index (χ2n) is 6.19. The molecule has 0 unspecified atom stereocenters. The van der Waals surface area contributed by atoms with E-state index in [0.717, 1.165) is 55.4 Å². The summed E-state index contributed by atoms with van der Waals surface area (Å²) in [5.74, 6) is 1.63. The Labute approximate surface area is 153 Å². The third-order valence-corrected chi connectivity index (χ3v) is 5.86. The molecular weight excluding hydrogens is 344 g/mol. The van der Waals surface area contributed by atoms with Gasteiger partial charge >= 0.3 is 0 Å². The van der Waals surface area contributed by atoms with Gasteiger partial charge in [0, 0.05) is 11.1 Å². The lowest BCUT2D eigenvalue weighted by Crippen LogP contribution is -1.97. The fraction of sp³-hybridized carbons (Fsp3) is 0. The van der Waals surface area contributed by atoms with E-state index in [1.807, 2.05) is 60.7 Å². The number of benzene rings is 4. The van der Waals surface area contributed by atoms with Crippen molar-refractivity contribution in [3.05, 3.63) is 71.8 Å². The van der Waals surface area contributed by atoms with Crippen molar-refractivity contribution >= 4 is 45.9 Å². The predicted octanol–water partition coefficient (Wildman–Crippen LogP) is 5.87. The Bertz CT molecular complexity index is 1130. The van der Waals surface area contributed by atoms with Crippen LogP contribution in [0, 0.1) is 0 Å². The first-order valence-corrected chi connectivity index (χ1v) is 8.98. The second-order valence-corrected chi connectivity index (χ2v) is 7.21. The lowest BCUT2D eigenvalue weighted by molar-refractivity contribution is 0.111. The van der Waals surface area contributed by atoms with Crippen molar-refractivity contribution in [2.75, 3.05) is 0 Å². The quantitative estimate of drug-likeness (QED) is 0.371. The highest BCUT2D eigenvalue weighted by molar-refractivity contribution is 8.00. The van der Waals surface area contributed by atoms with Gasteiger partial charge in [-0.2, -0.15) is 0 Å². The molecule has 0 saturated heterocycles. The Balaban J connectivity index is 1.72. The van der Waals surface area contributed by atoms with E-state index in [9.17, 15) is 9.59 Å². The molecule has 4 heteroatoms. The molecule has 1 aliphatic heterocycles. The first-order chi connectivity index (χ1) is 12.8. The maximum atomic E-state index is 11.0. The van der Waals surface area contributed by atoms with Crippen LogP contribution >= 0.6 is 11.8 Å². The minimum absolute atomic E-state index is 0.659. The largest absolute Gasteiger partial charge is 0.455 e. The molecule has 1 aliphatic rings. The van der Waals surface area contributed by atoms with Gasteiger partial charge in [-0.25, -0.2) is 0 Å². The summed E-state index contributed by atoms with van der Waals surface area (Å²) in [7, 11) is 0.